The fourth-order valence-electron chi connectivity index (χ4n) is 4.51. The number of ether oxygens (including phenoxy) is 1. The first-order valence-corrected chi connectivity index (χ1v) is 12.4. The molecule has 2 aromatic carbocycles. The summed E-state index contributed by atoms with van der Waals surface area (Å²) in [5.74, 6) is -0.757. The van der Waals surface area contributed by atoms with E-state index in [9.17, 15) is 26.4 Å². The molecule has 10 heteroatoms. The summed E-state index contributed by atoms with van der Waals surface area (Å²) in [7, 11) is -2.89. The number of rotatable bonds is 7. The first kappa shape index (κ1) is 24.5. The van der Waals surface area contributed by atoms with Crippen LogP contribution in [0.2, 0.25) is 0 Å². The van der Waals surface area contributed by atoms with E-state index in [1.54, 1.807) is 18.2 Å². The van der Waals surface area contributed by atoms with Gasteiger partial charge >= 0.3 is 12.1 Å². The zero-order valence-electron chi connectivity index (χ0n) is 18.9. The molecule has 1 saturated carbocycles. The topological polar surface area (TPSA) is 83.9 Å². The maximum absolute atomic E-state index is 13.6. The lowest BCUT2D eigenvalue weighted by molar-refractivity contribution is -0.139. The van der Waals surface area contributed by atoms with E-state index in [2.05, 4.69) is 0 Å². The third-order valence-electron chi connectivity index (χ3n) is 6.83. The summed E-state index contributed by atoms with van der Waals surface area (Å²) in [6.07, 6.45) is -1.57. The van der Waals surface area contributed by atoms with E-state index in [4.69, 9.17) is 9.84 Å². The van der Waals surface area contributed by atoms with Gasteiger partial charge in [0.05, 0.1) is 16.5 Å². The predicted molar refractivity (Wildman–Crippen MR) is 118 cm³/mol. The molecule has 1 atom stereocenters. The largest absolute Gasteiger partial charge is 0.482 e. The molecular formula is C24H26F3NO5S. The Kier molecular flexibility index (Phi) is 6.18. The molecule has 0 saturated heterocycles. The van der Waals surface area contributed by atoms with Gasteiger partial charge in [0, 0.05) is 7.05 Å². The fourth-order valence-corrected chi connectivity index (χ4v) is 5.95. The molecule has 1 fully saturated rings. The minimum absolute atomic E-state index is 0.374. The van der Waals surface area contributed by atoms with Crippen LogP contribution in [0.15, 0.2) is 41.3 Å². The average Bonchev–Trinajstić information content (AvgIpc) is 3.54. The van der Waals surface area contributed by atoms with Gasteiger partial charge in [-0.1, -0.05) is 19.1 Å². The molecule has 0 amide bonds. The van der Waals surface area contributed by atoms with Gasteiger partial charge in [-0.05, 0) is 78.5 Å². The summed E-state index contributed by atoms with van der Waals surface area (Å²) in [5.41, 5.74) is 0.345. The lowest BCUT2D eigenvalue weighted by atomic mass is 9.87. The molecule has 1 N–H and O–H groups in total. The Labute approximate surface area is 196 Å². The third kappa shape index (κ3) is 4.65. The van der Waals surface area contributed by atoms with Gasteiger partial charge in [-0.2, -0.15) is 17.5 Å². The van der Waals surface area contributed by atoms with Crippen molar-refractivity contribution in [2.45, 2.75) is 61.6 Å². The molecule has 0 aromatic heterocycles. The number of carboxylic acids is 1. The molecule has 0 aliphatic heterocycles. The summed E-state index contributed by atoms with van der Waals surface area (Å²) in [5, 5.41) is 8.92. The lowest BCUT2D eigenvalue weighted by Gasteiger charge is -2.33. The monoisotopic (exact) mass is 497 g/mol. The highest BCUT2D eigenvalue weighted by Gasteiger charge is 2.43. The van der Waals surface area contributed by atoms with E-state index in [0.717, 1.165) is 15.9 Å². The molecule has 4 rings (SSSR count). The van der Waals surface area contributed by atoms with Crippen molar-refractivity contribution in [2.24, 2.45) is 0 Å². The summed E-state index contributed by atoms with van der Waals surface area (Å²) in [4.78, 5) is 10.5. The number of halogens is 3. The van der Waals surface area contributed by atoms with E-state index in [-0.39, 0.29) is 4.90 Å². The van der Waals surface area contributed by atoms with Crippen LogP contribution in [0.1, 0.15) is 60.9 Å². The van der Waals surface area contributed by atoms with Gasteiger partial charge in [0.1, 0.15) is 5.75 Å². The molecular weight excluding hydrogens is 471 g/mol. The third-order valence-corrected chi connectivity index (χ3v) is 8.67. The number of fused-ring (bicyclic) bond motifs is 1. The maximum atomic E-state index is 13.6. The molecule has 0 radical (unpaired) electrons. The Bertz CT molecular complexity index is 1200. The van der Waals surface area contributed by atoms with Crippen molar-refractivity contribution in [3.8, 4) is 5.75 Å². The number of sulfonamides is 1. The maximum Gasteiger partial charge on any atom is 0.416 e. The predicted octanol–water partition coefficient (Wildman–Crippen LogP) is 4.92. The minimum Gasteiger partial charge on any atom is -0.482 e. The van der Waals surface area contributed by atoms with Crippen molar-refractivity contribution in [1.29, 1.82) is 0 Å². The zero-order valence-corrected chi connectivity index (χ0v) is 19.7. The van der Waals surface area contributed by atoms with Gasteiger partial charge in [-0.25, -0.2) is 13.2 Å². The Morgan fingerprint density at radius 1 is 1.24 bits per heavy atom. The highest BCUT2D eigenvalue weighted by molar-refractivity contribution is 7.89. The van der Waals surface area contributed by atoms with Gasteiger partial charge in [0.25, 0.3) is 0 Å². The Morgan fingerprint density at radius 2 is 1.94 bits per heavy atom. The molecule has 2 aliphatic rings. The van der Waals surface area contributed by atoms with Crippen LogP contribution in [0.4, 0.5) is 13.2 Å². The van der Waals surface area contributed by atoms with Crippen LogP contribution >= 0.6 is 0 Å². The minimum atomic E-state index is -4.67. The Hall–Kier alpha value is -2.59. The van der Waals surface area contributed by atoms with Crippen LogP contribution in [-0.2, 0) is 32.8 Å². The number of carboxylic acid groups (broad SMARTS) is 1. The van der Waals surface area contributed by atoms with E-state index < -0.39 is 45.8 Å². The van der Waals surface area contributed by atoms with Crippen LogP contribution < -0.4 is 4.74 Å². The Balaban J connectivity index is 1.73. The van der Waals surface area contributed by atoms with Crippen LogP contribution in [0.25, 0.3) is 0 Å². The van der Waals surface area contributed by atoms with Crippen molar-refractivity contribution >= 4 is 16.0 Å². The van der Waals surface area contributed by atoms with Gasteiger partial charge in [-0.3, -0.25) is 0 Å². The molecule has 0 bridgehead atoms. The molecule has 2 aliphatic carbocycles. The summed E-state index contributed by atoms with van der Waals surface area (Å²) in [6, 6.07) is 7.55. The van der Waals surface area contributed by atoms with Gasteiger partial charge in [0.2, 0.25) is 10.0 Å². The van der Waals surface area contributed by atoms with Crippen molar-refractivity contribution in [3.63, 3.8) is 0 Å². The van der Waals surface area contributed by atoms with E-state index in [1.165, 1.54) is 13.1 Å². The molecule has 0 heterocycles. The molecule has 2 aromatic rings. The van der Waals surface area contributed by atoms with Crippen molar-refractivity contribution in [2.75, 3.05) is 13.7 Å². The second kappa shape index (κ2) is 8.57. The van der Waals surface area contributed by atoms with E-state index in [0.29, 0.717) is 55.0 Å². The quantitative estimate of drug-likeness (QED) is 0.587. The molecule has 34 heavy (non-hydrogen) atoms. The summed E-state index contributed by atoms with van der Waals surface area (Å²) >= 11 is 0. The smallest absolute Gasteiger partial charge is 0.416 e. The van der Waals surface area contributed by atoms with Crippen molar-refractivity contribution in [1.82, 2.24) is 4.31 Å². The van der Waals surface area contributed by atoms with Gasteiger partial charge in [0.15, 0.2) is 6.61 Å². The SMILES string of the molecule is CN([C@@H]1CCCc2c(OCC(=O)O)cccc21)S(=O)(=O)c1cc(C(F)(F)F)cc(C2(C)CC2)c1. The number of nitrogens with zero attached hydrogens (tertiary/aromatic N) is 1. The highest BCUT2D eigenvalue weighted by atomic mass is 32.2. The van der Waals surface area contributed by atoms with Crippen LogP contribution in [-0.4, -0.2) is 37.5 Å². The first-order valence-electron chi connectivity index (χ1n) is 11.0. The number of carbonyl (C=O) groups is 1. The zero-order chi connectivity index (χ0) is 24.9. The van der Waals surface area contributed by atoms with Crippen molar-refractivity contribution in [3.05, 3.63) is 58.7 Å². The average molecular weight is 498 g/mol. The Morgan fingerprint density at radius 3 is 2.56 bits per heavy atom. The molecule has 0 spiro atoms. The van der Waals surface area contributed by atoms with E-state index in [1.807, 2.05) is 6.92 Å². The summed E-state index contributed by atoms with van der Waals surface area (Å²) < 4.78 is 74.5. The highest BCUT2D eigenvalue weighted by Crippen LogP contribution is 2.49. The normalized spacial score (nSPS) is 19.5. The standard InChI is InChI=1S/C24H26F3NO5S/c1-23(9-10-23)15-11-16(24(25,26)27)13-17(12-15)34(31,32)28(2)20-7-3-6-19-18(20)5-4-8-21(19)33-14-22(29)30/h4-5,8,11-13,20H,3,6-7,9-10,14H2,1-2H3,(H,29,30)/t20-/m1/s1. The number of alkyl halides is 3. The molecule has 184 valence electrons. The van der Waals surface area contributed by atoms with Gasteiger partial charge in [-0.15, -0.1) is 0 Å². The van der Waals surface area contributed by atoms with Crippen LogP contribution in [0, 0.1) is 0 Å². The second-order valence-electron chi connectivity index (χ2n) is 9.24. The van der Waals surface area contributed by atoms with E-state index >= 15 is 0 Å². The molecule has 6 nitrogen and oxygen atoms in total. The number of hydrogen-bond donors (Lipinski definition) is 1. The second-order valence-corrected chi connectivity index (χ2v) is 11.2. The lowest BCUT2D eigenvalue weighted by Crippen LogP contribution is -2.34. The van der Waals surface area contributed by atoms with Crippen LogP contribution in [0.3, 0.4) is 0 Å². The number of aliphatic carboxylic acids is 1. The number of benzene rings is 2. The van der Waals surface area contributed by atoms with Crippen LogP contribution in [0.5, 0.6) is 5.75 Å². The summed E-state index contributed by atoms with van der Waals surface area (Å²) in [6.45, 7) is 1.31. The van der Waals surface area contributed by atoms with Gasteiger partial charge < -0.3 is 9.84 Å². The molecule has 0 unspecified atom stereocenters. The number of hydrogen-bond acceptors (Lipinski definition) is 4. The van der Waals surface area contributed by atoms with Crippen molar-refractivity contribution < 1.29 is 36.2 Å². The first-order chi connectivity index (χ1) is 15.8. The fraction of sp³-hybridized carbons (Fsp3) is 0.458.